The van der Waals surface area contributed by atoms with Crippen molar-refractivity contribution < 1.29 is 46.6 Å². The normalized spacial score (nSPS) is 18.9. The molecule has 2 aromatic rings. The number of nitrogens with zero attached hydrogens (tertiary/aromatic N) is 5. The van der Waals surface area contributed by atoms with Crippen LogP contribution in [0.3, 0.4) is 0 Å². The van der Waals surface area contributed by atoms with E-state index in [0.717, 1.165) is 50.0 Å². The molecule has 1 saturated heterocycles. The molecule has 1 aliphatic carbocycles. The molecular formula is C38H54F3N7O7S. The molecule has 1 saturated carbocycles. The van der Waals surface area contributed by atoms with Crippen LogP contribution in [0.15, 0.2) is 17.8 Å². The highest BCUT2D eigenvalue weighted by molar-refractivity contribution is 7.09. The van der Waals surface area contributed by atoms with E-state index in [1.165, 1.54) is 19.4 Å². The molecule has 14 nitrogen and oxygen atoms in total. The fourth-order valence-corrected chi connectivity index (χ4v) is 7.87. The monoisotopic (exact) mass is 809 g/mol. The van der Waals surface area contributed by atoms with Crippen LogP contribution >= 0.6 is 11.3 Å². The summed E-state index contributed by atoms with van der Waals surface area (Å²) in [5.41, 5.74) is -1.04. The van der Waals surface area contributed by atoms with E-state index in [-0.39, 0.29) is 54.6 Å². The van der Waals surface area contributed by atoms with E-state index in [0.29, 0.717) is 29.7 Å². The number of hydrogen-bond acceptors (Lipinski definition) is 12. The molecule has 0 bridgehead atoms. The lowest BCUT2D eigenvalue weighted by Gasteiger charge is -2.37. The number of methoxy groups -OCH3 is 1. The summed E-state index contributed by atoms with van der Waals surface area (Å²) in [6, 6.07) is -2.24. The highest BCUT2D eigenvalue weighted by Gasteiger charge is 2.38. The summed E-state index contributed by atoms with van der Waals surface area (Å²) in [4.78, 5) is 81.5. The molecule has 56 heavy (non-hydrogen) atoms. The van der Waals surface area contributed by atoms with Crippen LogP contribution < -0.4 is 10.6 Å². The average Bonchev–Trinajstić information content (AvgIpc) is 3.82. The van der Waals surface area contributed by atoms with Gasteiger partial charge in [0.05, 0.1) is 24.6 Å². The third-order valence-electron chi connectivity index (χ3n) is 10.4. The van der Waals surface area contributed by atoms with Gasteiger partial charge in [0.2, 0.25) is 11.8 Å². The fourth-order valence-electron chi connectivity index (χ4n) is 7.03. The minimum absolute atomic E-state index is 0.0170. The van der Waals surface area contributed by atoms with Crippen molar-refractivity contribution in [1.82, 2.24) is 35.4 Å². The summed E-state index contributed by atoms with van der Waals surface area (Å²) in [6.07, 6.45) is 1.14. The van der Waals surface area contributed by atoms with Gasteiger partial charge in [0, 0.05) is 56.7 Å². The number of carbonyl (C=O) groups excluding carboxylic acids is 5. The van der Waals surface area contributed by atoms with Crippen LogP contribution in [0.4, 0.5) is 13.2 Å². The molecule has 18 heteroatoms. The first-order valence-electron chi connectivity index (χ1n) is 19.0. The number of carbonyl (C=O) groups is 5. The van der Waals surface area contributed by atoms with Crippen LogP contribution in [0, 0.1) is 17.8 Å². The molecule has 310 valence electrons. The number of likely N-dealkylation sites (N-methyl/N-ethyl adjacent to an activating group) is 2. The Kier molecular flexibility index (Phi) is 15.7. The third-order valence-corrected chi connectivity index (χ3v) is 11.3. The van der Waals surface area contributed by atoms with Gasteiger partial charge in [-0.25, -0.2) is 15.0 Å². The number of amides is 3. The van der Waals surface area contributed by atoms with E-state index in [1.54, 1.807) is 18.9 Å². The number of thiazole rings is 1. The predicted molar refractivity (Wildman–Crippen MR) is 200 cm³/mol. The molecule has 4 rings (SSSR count). The minimum atomic E-state index is -4.63. The van der Waals surface area contributed by atoms with Crippen LogP contribution in [-0.2, 0) is 41.2 Å². The van der Waals surface area contributed by atoms with Gasteiger partial charge in [0.1, 0.15) is 22.6 Å². The molecule has 2 aromatic heterocycles. The van der Waals surface area contributed by atoms with E-state index in [9.17, 15) is 37.1 Å². The topological polar surface area (TPSA) is 173 Å². The zero-order valence-corrected chi connectivity index (χ0v) is 33.9. The van der Waals surface area contributed by atoms with E-state index < -0.39 is 59.7 Å². The van der Waals surface area contributed by atoms with Gasteiger partial charge in [0.25, 0.3) is 5.91 Å². The second-order valence-corrected chi connectivity index (χ2v) is 16.2. The van der Waals surface area contributed by atoms with Gasteiger partial charge in [-0.2, -0.15) is 13.2 Å². The SMILES string of the molecule is COC(=O)[C@@H](C)C[C@H](Cc1ncc(C(F)(F)F)cn1)NC(=O)c1csc([C@@H](C[C@H](C(C)C)N(C)C(=O)[C@H](CC2CC2)NC(=O)[C@H]2CCCCN2C)OC(C)=O)n1. The zero-order chi connectivity index (χ0) is 41.3. The summed E-state index contributed by atoms with van der Waals surface area (Å²) < 4.78 is 49.8. The van der Waals surface area contributed by atoms with Crippen molar-refractivity contribution in [2.75, 3.05) is 27.7 Å². The van der Waals surface area contributed by atoms with Gasteiger partial charge >= 0.3 is 18.1 Å². The maximum Gasteiger partial charge on any atom is 0.419 e. The molecular weight excluding hydrogens is 756 g/mol. The van der Waals surface area contributed by atoms with Crippen molar-refractivity contribution in [3.05, 3.63) is 39.9 Å². The second kappa shape index (κ2) is 19.8. The highest BCUT2D eigenvalue weighted by Crippen LogP contribution is 2.35. The summed E-state index contributed by atoms with van der Waals surface area (Å²) in [7, 11) is 4.83. The summed E-state index contributed by atoms with van der Waals surface area (Å²) in [5.74, 6) is -2.55. The zero-order valence-electron chi connectivity index (χ0n) is 33.1. The van der Waals surface area contributed by atoms with Gasteiger partial charge in [-0.3, -0.25) is 28.9 Å². The largest absolute Gasteiger partial charge is 0.469 e. The standard InChI is InChI=1S/C38H54F3N7O7S/c1-21(2)30(48(6)36(52)27(15-24-11-12-24)45-34(51)29-10-8-9-13-47(29)5)17-31(55-23(4)49)35-46-28(20-56-35)33(50)44-26(14-22(3)37(53)54-7)16-32-42-18-25(19-43-32)38(39,40)41/h18-22,24,26-27,29-31H,8-17H2,1-7H3,(H,44,50)(H,45,51)/t22-,26+,27-,29+,30+,31+/m0/s1. The van der Waals surface area contributed by atoms with Gasteiger partial charge in [0.15, 0.2) is 6.10 Å². The molecule has 0 spiro atoms. The Morgan fingerprint density at radius 1 is 1.04 bits per heavy atom. The maximum atomic E-state index is 14.2. The van der Waals surface area contributed by atoms with Crippen molar-refractivity contribution in [3.8, 4) is 0 Å². The van der Waals surface area contributed by atoms with E-state index in [4.69, 9.17) is 9.47 Å². The number of ether oxygens (including phenoxy) is 2. The van der Waals surface area contributed by atoms with E-state index >= 15 is 0 Å². The molecule has 0 radical (unpaired) electrons. The Hall–Kier alpha value is -4.19. The number of likely N-dealkylation sites (tertiary alicyclic amines) is 1. The molecule has 0 unspecified atom stereocenters. The average molecular weight is 810 g/mol. The quantitative estimate of drug-likeness (QED) is 0.199. The minimum Gasteiger partial charge on any atom is -0.469 e. The van der Waals surface area contributed by atoms with Crippen molar-refractivity contribution in [1.29, 1.82) is 0 Å². The number of halogens is 3. The Bertz CT molecular complexity index is 1670. The summed E-state index contributed by atoms with van der Waals surface area (Å²) in [6.45, 7) is 7.56. The molecule has 6 atom stereocenters. The summed E-state index contributed by atoms with van der Waals surface area (Å²) >= 11 is 1.09. The second-order valence-electron chi connectivity index (χ2n) is 15.3. The lowest BCUT2D eigenvalue weighted by Crippen LogP contribution is -2.56. The number of nitrogens with one attached hydrogen (secondary N) is 2. The van der Waals surface area contributed by atoms with Crippen molar-refractivity contribution in [2.45, 2.75) is 122 Å². The predicted octanol–water partition coefficient (Wildman–Crippen LogP) is 4.74. The molecule has 0 aromatic carbocycles. The molecule has 1 aliphatic heterocycles. The molecule has 2 N–H and O–H groups in total. The van der Waals surface area contributed by atoms with E-state index in [2.05, 4.69) is 25.6 Å². The van der Waals surface area contributed by atoms with Crippen LogP contribution in [0.25, 0.3) is 0 Å². The van der Waals surface area contributed by atoms with E-state index in [1.807, 2.05) is 25.8 Å². The number of piperidine rings is 1. The van der Waals surface area contributed by atoms with Crippen molar-refractivity contribution in [2.24, 2.45) is 17.8 Å². The third kappa shape index (κ3) is 12.7. The lowest BCUT2D eigenvalue weighted by atomic mass is 9.95. The van der Waals surface area contributed by atoms with Gasteiger partial charge in [-0.05, 0) is 51.1 Å². The number of hydrogen-bond donors (Lipinski definition) is 2. The molecule has 2 aliphatic rings. The number of aromatic nitrogens is 3. The van der Waals surface area contributed by atoms with Crippen molar-refractivity contribution >= 4 is 41.0 Å². The fraction of sp³-hybridized carbons (Fsp3) is 0.684. The maximum absolute atomic E-state index is 14.2. The first-order chi connectivity index (χ1) is 26.4. The molecule has 3 amide bonds. The number of alkyl halides is 3. The number of esters is 2. The Labute approximate surface area is 329 Å². The van der Waals surface area contributed by atoms with Crippen LogP contribution in [0.2, 0.25) is 0 Å². The Balaban J connectivity index is 1.51. The smallest absolute Gasteiger partial charge is 0.419 e. The van der Waals surface area contributed by atoms with Gasteiger partial charge in [-0.1, -0.05) is 40.0 Å². The van der Waals surface area contributed by atoms with Crippen LogP contribution in [0.1, 0.15) is 112 Å². The van der Waals surface area contributed by atoms with Gasteiger partial charge in [-0.15, -0.1) is 11.3 Å². The van der Waals surface area contributed by atoms with Crippen molar-refractivity contribution in [3.63, 3.8) is 0 Å². The highest BCUT2D eigenvalue weighted by atomic mass is 32.1. The Morgan fingerprint density at radius 2 is 1.71 bits per heavy atom. The molecule has 3 heterocycles. The lowest BCUT2D eigenvalue weighted by molar-refractivity contribution is -0.149. The van der Waals surface area contributed by atoms with Crippen LogP contribution in [0.5, 0.6) is 0 Å². The first-order valence-corrected chi connectivity index (χ1v) is 19.9. The van der Waals surface area contributed by atoms with Crippen LogP contribution in [-0.4, -0.2) is 106 Å². The first kappa shape index (κ1) is 44.5. The number of rotatable bonds is 18. The van der Waals surface area contributed by atoms with Gasteiger partial charge < -0.3 is 25.0 Å². The summed E-state index contributed by atoms with van der Waals surface area (Å²) in [5, 5.41) is 7.66. The Morgan fingerprint density at radius 3 is 2.29 bits per heavy atom. The molecule has 2 fully saturated rings.